The summed E-state index contributed by atoms with van der Waals surface area (Å²) in [7, 11) is 1.53. The molecule has 3 rings (SSSR count). The molecule has 0 fully saturated rings. The van der Waals surface area contributed by atoms with Gasteiger partial charge in [-0.05, 0) is 23.8 Å². The Kier molecular flexibility index (Phi) is 6.01. The number of hydrogen-bond donors (Lipinski definition) is 1. The molecule has 26 heavy (non-hydrogen) atoms. The number of nitrogens with one attached hydrogen (secondary N) is 1. The third-order valence-electron chi connectivity index (χ3n) is 3.97. The van der Waals surface area contributed by atoms with Crippen LogP contribution in [0.25, 0.3) is 0 Å². The Labute approximate surface area is 153 Å². The van der Waals surface area contributed by atoms with Crippen LogP contribution in [0.4, 0.5) is 0 Å². The van der Waals surface area contributed by atoms with Crippen LogP contribution in [0, 0.1) is 0 Å². The Morgan fingerprint density at radius 3 is 2.19 bits per heavy atom. The highest BCUT2D eigenvalue weighted by Gasteiger charge is 2.19. The third-order valence-corrected chi connectivity index (χ3v) is 3.97. The average molecular weight is 347 g/mol. The van der Waals surface area contributed by atoms with Crippen molar-refractivity contribution in [2.45, 2.75) is 12.6 Å². The van der Waals surface area contributed by atoms with Gasteiger partial charge in [0.15, 0.2) is 6.10 Å². The highest BCUT2D eigenvalue weighted by molar-refractivity contribution is 5.82. The summed E-state index contributed by atoms with van der Waals surface area (Å²) in [6.07, 6.45) is -0.640. The molecule has 0 aliphatic carbocycles. The van der Waals surface area contributed by atoms with E-state index in [-0.39, 0.29) is 5.91 Å². The molecule has 0 spiro atoms. The van der Waals surface area contributed by atoms with Gasteiger partial charge in [0.1, 0.15) is 11.5 Å². The summed E-state index contributed by atoms with van der Waals surface area (Å²) in [6, 6.07) is 26.6. The van der Waals surface area contributed by atoms with E-state index in [1.807, 2.05) is 84.9 Å². The number of amides is 1. The molecule has 0 heterocycles. The lowest BCUT2D eigenvalue weighted by Gasteiger charge is -2.17. The average Bonchev–Trinajstić information content (AvgIpc) is 2.69. The number of hydrogen-bond acceptors (Lipinski definition) is 3. The molecule has 1 unspecified atom stereocenters. The Bertz CT molecular complexity index is 834. The van der Waals surface area contributed by atoms with E-state index in [0.29, 0.717) is 12.3 Å². The summed E-state index contributed by atoms with van der Waals surface area (Å²) < 4.78 is 11.3. The zero-order valence-electron chi connectivity index (χ0n) is 14.6. The van der Waals surface area contributed by atoms with E-state index in [1.54, 1.807) is 0 Å². The number of para-hydroxylation sites is 2. The molecular weight excluding hydrogens is 326 g/mol. The van der Waals surface area contributed by atoms with E-state index < -0.39 is 6.10 Å². The standard InChI is InChI=1S/C22H21NO3/c1-25-21(17-10-4-2-5-11-17)22(24)23-16-18-12-8-9-15-20(18)26-19-13-6-3-7-14-19/h2-15,21H,16H2,1H3,(H,23,24). The quantitative estimate of drug-likeness (QED) is 0.685. The lowest BCUT2D eigenvalue weighted by atomic mass is 10.1. The fraction of sp³-hybridized carbons (Fsp3) is 0.136. The van der Waals surface area contributed by atoms with Crippen molar-refractivity contribution in [3.63, 3.8) is 0 Å². The molecule has 1 atom stereocenters. The maximum absolute atomic E-state index is 12.5. The first-order valence-corrected chi connectivity index (χ1v) is 8.44. The van der Waals surface area contributed by atoms with Crippen LogP contribution < -0.4 is 10.1 Å². The molecule has 0 saturated carbocycles. The second-order valence-corrected chi connectivity index (χ2v) is 5.77. The number of carbonyl (C=O) groups excluding carboxylic acids is 1. The van der Waals surface area contributed by atoms with Crippen LogP contribution in [0.3, 0.4) is 0 Å². The molecular formula is C22H21NO3. The minimum absolute atomic E-state index is 0.187. The van der Waals surface area contributed by atoms with Crippen LogP contribution in [0.1, 0.15) is 17.2 Å². The van der Waals surface area contributed by atoms with Gasteiger partial charge in [-0.2, -0.15) is 0 Å². The molecule has 0 aliphatic rings. The second-order valence-electron chi connectivity index (χ2n) is 5.77. The summed E-state index contributed by atoms with van der Waals surface area (Å²) in [6.45, 7) is 0.356. The van der Waals surface area contributed by atoms with Crippen molar-refractivity contribution < 1.29 is 14.3 Å². The molecule has 3 aromatic carbocycles. The van der Waals surface area contributed by atoms with Crippen LogP contribution in [-0.2, 0) is 16.1 Å². The number of rotatable bonds is 7. The Hall–Kier alpha value is -3.11. The van der Waals surface area contributed by atoms with Gasteiger partial charge in [0.25, 0.3) is 5.91 Å². The first-order valence-electron chi connectivity index (χ1n) is 8.44. The predicted octanol–water partition coefficient (Wildman–Crippen LogP) is 4.48. The Morgan fingerprint density at radius 1 is 0.885 bits per heavy atom. The third kappa shape index (κ3) is 4.49. The van der Waals surface area contributed by atoms with Crippen molar-refractivity contribution in [2.24, 2.45) is 0 Å². The normalized spacial score (nSPS) is 11.6. The number of carbonyl (C=O) groups is 1. The van der Waals surface area contributed by atoms with Crippen molar-refractivity contribution in [1.82, 2.24) is 5.32 Å². The van der Waals surface area contributed by atoms with Crippen LogP contribution in [0.5, 0.6) is 11.5 Å². The van der Waals surface area contributed by atoms with E-state index in [1.165, 1.54) is 7.11 Å². The van der Waals surface area contributed by atoms with Crippen LogP contribution in [-0.4, -0.2) is 13.0 Å². The molecule has 0 bridgehead atoms. The first kappa shape index (κ1) is 17.7. The molecule has 3 aromatic rings. The SMILES string of the molecule is COC(C(=O)NCc1ccccc1Oc1ccccc1)c1ccccc1. The van der Waals surface area contributed by atoms with Gasteiger partial charge in [-0.15, -0.1) is 0 Å². The number of methoxy groups -OCH3 is 1. The zero-order valence-corrected chi connectivity index (χ0v) is 14.6. The van der Waals surface area contributed by atoms with Crippen LogP contribution in [0.15, 0.2) is 84.9 Å². The van der Waals surface area contributed by atoms with E-state index in [9.17, 15) is 4.79 Å². The largest absolute Gasteiger partial charge is 0.457 e. The van der Waals surface area contributed by atoms with Gasteiger partial charge in [-0.25, -0.2) is 0 Å². The summed E-state index contributed by atoms with van der Waals surface area (Å²) in [5.74, 6) is 1.28. The van der Waals surface area contributed by atoms with E-state index in [0.717, 1.165) is 16.9 Å². The topological polar surface area (TPSA) is 47.6 Å². The van der Waals surface area contributed by atoms with Crippen molar-refractivity contribution in [1.29, 1.82) is 0 Å². The Morgan fingerprint density at radius 2 is 1.50 bits per heavy atom. The highest BCUT2D eigenvalue weighted by atomic mass is 16.5. The van der Waals surface area contributed by atoms with E-state index >= 15 is 0 Å². The fourth-order valence-corrected chi connectivity index (χ4v) is 2.66. The van der Waals surface area contributed by atoms with Gasteiger partial charge in [0, 0.05) is 19.2 Å². The molecule has 0 aromatic heterocycles. The zero-order chi connectivity index (χ0) is 18.2. The van der Waals surface area contributed by atoms with Gasteiger partial charge in [-0.3, -0.25) is 4.79 Å². The van der Waals surface area contributed by atoms with Gasteiger partial charge in [-0.1, -0.05) is 66.7 Å². The second kappa shape index (κ2) is 8.83. The molecule has 0 saturated heterocycles. The Balaban J connectivity index is 1.68. The molecule has 1 amide bonds. The molecule has 4 heteroatoms. The molecule has 1 N–H and O–H groups in total. The molecule has 132 valence electrons. The van der Waals surface area contributed by atoms with Crippen molar-refractivity contribution in [3.8, 4) is 11.5 Å². The smallest absolute Gasteiger partial charge is 0.254 e. The summed E-state index contributed by atoms with van der Waals surface area (Å²) in [5, 5.41) is 2.93. The predicted molar refractivity (Wildman–Crippen MR) is 101 cm³/mol. The maximum atomic E-state index is 12.5. The number of ether oxygens (including phenoxy) is 2. The maximum Gasteiger partial charge on any atom is 0.254 e. The van der Waals surface area contributed by atoms with Crippen molar-refractivity contribution >= 4 is 5.91 Å². The minimum atomic E-state index is -0.640. The monoisotopic (exact) mass is 347 g/mol. The van der Waals surface area contributed by atoms with E-state index in [2.05, 4.69) is 5.32 Å². The van der Waals surface area contributed by atoms with Crippen molar-refractivity contribution in [3.05, 3.63) is 96.1 Å². The lowest BCUT2D eigenvalue weighted by molar-refractivity contribution is -0.131. The van der Waals surface area contributed by atoms with Crippen LogP contribution in [0.2, 0.25) is 0 Å². The highest BCUT2D eigenvalue weighted by Crippen LogP contribution is 2.25. The van der Waals surface area contributed by atoms with Crippen molar-refractivity contribution in [2.75, 3.05) is 7.11 Å². The van der Waals surface area contributed by atoms with E-state index in [4.69, 9.17) is 9.47 Å². The molecule has 4 nitrogen and oxygen atoms in total. The lowest BCUT2D eigenvalue weighted by Crippen LogP contribution is -2.30. The number of benzene rings is 3. The van der Waals surface area contributed by atoms with Gasteiger partial charge >= 0.3 is 0 Å². The van der Waals surface area contributed by atoms with Gasteiger partial charge in [0.05, 0.1) is 0 Å². The van der Waals surface area contributed by atoms with Gasteiger partial charge in [0.2, 0.25) is 0 Å². The summed E-state index contributed by atoms with van der Waals surface area (Å²) in [5.41, 5.74) is 1.72. The first-order chi connectivity index (χ1) is 12.8. The fourth-order valence-electron chi connectivity index (χ4n) is 2.66. The van der Waals surface area contributed by atoms with Gasteiger partial charge < -0.3 is 14.8 Å². The molecule has 0 radical (unpaired) electrons. The summed E-state index contributed by atoms with van der Waals surface area (Å²) in [4.78, 5) is 12.5. The van der Waals surface area contributed by atoms with Crippen LogP contribution >= 0.6 is 0 Å². The summed E-state index contributed by atoms with van der Waals surface area (Å²) >= 11 is 0. The minimum Gasteiger partial charge on any atom is -0.457 e. The molecule has 0 aliphatic heterocycles.